The quantitative estimate of drug-likeness (QED) is 0.639. The molecule has 3 rings (SSSR count). The van der Waals surface area contributed by atoms with E-state index >= 15 is 0 Å². The van der Waals surface area contributed by atoms with Gasteiger partial charge in [0.15, 0.2) is 6.61 Å². The maximum absolute atomic E-state index is 12.3. The minimum atomic E-state index is -4.77. The molecule has 2 aromatic rings. The molecule has 0 saturated carbocycles. The van der Waals surface area contributed by atoms with E-state index in [2.05, 4.69) is 4.74 Å². The van der Waals surface area contributed by atoms with Crippen molar-refractivity contribution in [2.45, 2.75) is 11.3 Å². The summed E-state index contributed by atoms with van der Waals surface area (Å²) in [4.78, 5) is 16.2. The van der Waals surface area contributed by atoms with Gasteiger partial charge in [-0.1, -0.05) is 0 Å². The van der Waals surface area contributed by atoms with Crippen LogP contribution in [-0.2, 0) is 15.9 Å². The summed E-state index contributed by atoms with van der Waals surface area (Å²) in [5.41, 5.74) is 0.869. The second-order valence-corrected chi connectivity index (χ2v) is 7.35. The third-order valence-electron chi connectivity index (χ3n) is 4.45. The van der Waals surface area contributed by atoms with Crippen LogP contribution < -0.4 is 14.4 Å². The molecule has 0 aliphatic carbocycles. The molecule has 1 aliphatic rings. The molecule has 0 spiro atoms. The zero-order valence-corrected chi connectivity index (χ0v) is 16.4. The average molecular weight is 443 g/mol. The number of nitrogens with zero attached hydrogens (tertiary/aromatic N) is 2. The summed E-state index contributed by atoms with van der Waals surface area (Å²) in [6, 6.07) is 11.3. The lowest BCUT2D eigenvalue weighted by molar-refractivity contribution is -0.274. The molecular weight excluding hydrogens is 425 g/mol. The molecule has 1 saturated heterocycles. The van der Waals surface area contributed by atoms with Crippen molar-refractivity contribution >= 4 is 22.7 Å². The van der Waals surface area contributed by atoms with Crippen molar-refractivity contribution in [2.75, 3.05) is 37.7 Å². The Labute approximate surface area is 173 Å². The van der Waals surface area contributed by atoms with E-state index in [0.717, 1.165) is 17.8 Å². The van der Waals surface area contributed by atoms with Gasteiger partial charge >= 0.3 is 6.36 Å². The van der Waals surface area contributed by atoms with Crippen LogP contribution in [0.5, 0.6) is 11.5 Å². The Morgan fingerprint density at radius 1 is 0.967 bits per heavy atom. The van der Waals surface area contributed by atoms with E-state index in [0.29, 0.717) is 26.2 Å². The lowest BCUT2D eigenvalue weighted by Crippen LogP contribution is -2.50. The van der Waals surface area contributed by atoms with Crippen LogP contribution >= 0.6 is 0 Å². The van der Waals surface area contributed by atoms with Crippen molar-refractivity contribution < 1.29 is 36.2 Å². The van der Waals surface area contributed by atoms with Crippen LogP contribution in [0.4, 0.5) is 18.9 Å². The first-order valence-corrected chi connectivity index (χ1v) is 9.99. The van der Waals surface area contributed by atoms with Gasteiger partial charge in [-0.2, -0.15) is 0 Å². The SMILES string of the molecule is O=C(COc1ccc(OC(F)(F)F)cc1)N1CCN(c2ccc(S(=O)[O-])cc2)CC1. The Kier molecular flexibility index (Phi) is 6.83. The number of carbonyl (C=O) groups excluding carboxylic acids is 1. The van der Waals surface area contributed by atoms with Gasteiger partial charge in [0, 0.05) is 36.8 Å². The monoisotopic (exact) mass is 443 g/mol. The summed E-state index contributed by atoms with van der Waals surface area (Å²) >= 11 is -2.27. The standard InChI is InChI=1S/C19H19F3N2O5S/c20-19(21,22)29-16-5-3-15(4-6-16)28-13-18(25)24-11-9-23(10-12-24)14-1-7-17(8-2-14)30(26)27/h1-8H,9-13H2,(H,26,27)/p-1. The second-order valence-electron chi connectivity index (χ2n) is 6.40. The largest absolute Gasteiger partial charge is 0.768 e. The number of benzene rings is 2. The average Bonchev–Trinajstić information content (AvgIpc) is 2.72. The highest BCUT2D eigenvalue weighted by Crippen LogP contribution is 2.25. The molecule has 11 heteroatoms. The minimum absolute atomic E-state index is 0.211. The zero-order chi connectivity index (χ0) is 21.7. The van der Waals surface area contributed by atoms with Gasteiger partial charge < -0.3 is 23.8 Å². The Bertz CT molecular complexity index is 883. The Balaban J connectivity index is 1.45. The Morgan fingerprint density at radius 3 is 2.07 bits per heavy atom. The first-order chi connectivity index (χ1) is 14.2. The van der Waals surface area contributed by atoms with Gasteiger partial charge in [-0.3, -0.25) is 9.00 Å². The molecule has 1 aliphatic heterocycles. The fraction of sp³-hybridized carbons (Fsp3) is 0.316. The van der Waals surface area contributed by atoms with Crippen LogP contribution in [0.2, 0.25) is 0 Å². The number of piperazine rings is 1. The summed E-state index contributed by atoms with van der Waals surface area (Å²) in [5, 5.41) is 0. The molecule has 1 unspecified atom stereocenters. The molecule has 0 bridgehead atoms. The smallest absolute Gasteiger partial charge is 0.573 e. The number of rotatable bonds is 6. The van der Waals surface area contributed by atoms with Crippen molar-refractivity contribution in [1.29, 1.82) is 0 Å². The molecule has 1 fully saturated rings. The van der Waals surface area contributed by atoms with Crippen LogP contribution in [0.3, 0.4) is 0 Å². The topological polar surface area (TPSA) is 82.1 Å². The van der Waals surface area contributed by atoms with Gasteiger partial charge in [0.25, 0.3) is 5.91 Å². The number of ether oxygens (including phenoxy) is 2. The molecule has 0 N–H and O–H groups in total. The molecular formula is C19H18F3N2O5S-. The van der Waals surface area contributed by atoms with Crippen molar-refractivity contribution in [3.05, 3.63) is 48.5 Å². The molecule has 162 valence electrons. The maximum atomic E-state index is 12.3. The van der Waals surface area contributed by atoms with Gasteiger partial charge in [0.1, 0.15) is 11.5 Å². The highest BCUT2D eigenvalue weighted by Gasteiger charge is 2.31. The fourth-order valence-corrected chi connectivity index (χ4v) is 3.31. The van der Waals surface area contributed by atoms with Crippen molar-refractivity contribution in [3.8, 4) is 11.5 Å². The fourth-order valence-electron chi connectivity index (χ4n) is 2.96. The second kappa shape index (κ2) is 9.35. The molecule has 7 nitrogen and oxygen atoms in total. The Morgan fingerprint density at radius 2 is 1.53 bits per heavy atom. The van der Waals surface area contributed by atoms with Crippen LogP contribution in [0, 0.1) is 0 Å². The van der Waals surface area contributed by atoms with Gasteiger partial charge in [0.05, 0.1) is 0 Å². The molecule has 2 aromatic carbocycles. The van der Waals surface area contributed by atoms with E-state index in [1.165, 1.54) is 24.3 Å². The number of amides is 1. The number of alkyl halides is 3. The highest BCUT2D eigenvalue weighted by atomic mass is 32.2. The van der Waals surface area contributed by atoms with Gasteiger partial charge in [0.2, 0.25) is 0 Å². The van der Waals surface area contributed by atoms with E-state index in [4.69, 9.17) is 4.74 Å². The van der Waals surface area contributed by atoms with Gasteiger partial charge in [-0.15, -0.1) is 13.2 Å². The van der Waals surface area contributed by atoms with Crippen molar-refractivity contribution in [1.82, 2.24) is 4.90 Å². The lowest BCUT2D eigenvalue weighted by atomic mass is 10.2. The van der Waals surface area contributed by atoms with Crippen molar-refractivity contribution in [2.24, 2.45) is 0 Å². The maximum Gasteiger partial charge on any atom is 0.573 e. The molecule has 1 amide bonds. The van der Waals surface area contributed by atoms with E-state index in [1.807, 2.05) is 4.90 Å². The third-order valence-corrected chi connectivity index (χ3v) is 5.10. The number of anilines is 1. The van der Waals surface area contributed by atoms with Crippen LogP contribution in [0.15, 0.2) is 53.4 Å². The first kappa shape index (κ1) is 21.9. The number of halogens is 3. The highest BCUT2D eigenvalue weighted by molar-refractivity contribution is 7.79. The summed E-state index contributed by atoms with van der Waals surface area (Å²) in [6.07, 6.45) is -4.77. The third kappa shape index (κ3) is 6.10. The predicted molar refractivity (Wildman–Crippen MR) is 101 cm³/mol. The summed E-state index contributed by atoms with van der Waals surface area (Å²) in [5.74, 6) is -0.346. The van der Waals surface area contributed by atoms with Gasteiger partial charge in [-0.25, -0.2) is 0 Å². The van der Waals surface area contributed by atoms with E-state index in [1.54, 1.807) is 17.0 Å². The minimum Gasteiger partial charge on any atom is -0.768 e. The molecule has 0 aromatic heterocycles. The zero-order valence-electron chi connectivity index (χ0n) is 15.6. The summed E-state index contributed by atoms with van der Waals surface area (Å²) < 4.78 is 67.4. The molecule has 30 heavy (non-hydrogen) atoms. The Hall–Kier alpha value is -2.79. The normalized spacial score (nSPS) is 15.6. The number of carbonyl (C=O) groups is 1. The van der Waals surface area contributed by atoms with Gasteiger partial charge in [-0.05, 0) is 59.6 Å². The van der Waals surface area contributed by atoms with E-state index in [-0.39, 0.29) is 28.9 Å². The first-order valence-electron chi connectivity index (χ1n) is 8.92. The van der Waals surface area contributed by atoms with Crippen molar-refractivity contribution in [3.63, 3.8) is 0 Å². The molecule has 1 heterocycles. The van der Waals surface area contributed by atoms with Crippen LogP contribution in [-0.4, -0.2) is 58.7 Å². The summed E-state index contributed by atoms with van der Waals surface area (Å²) in [7, 11) is 0. The number of hydrogen-bond donors (Lipinski definition) is 0. The lowest BCUT2D eigenvalue weighted by Gasteiger charge is -2.36. The van der Waals surface area contributed by atoms with Crippen LogP contribution in [0.25, 0.3) is 0 Å². The molecule has 0 radical (unpaired) electrons. The van der Waals surface area contributed by atoms with E-state index in [9.17, 15) is 26.7 Å². The van der Waals surface area contributed by atoms with Crippen LogP contribution in [0.1, 0.15) is 0 Å². The summed E-state index contributed by atoms with van der Waals surface area (Å²) in [6.45, 7) is 1.86. The number of hydrogen-bond acceptors (Lipinski definition) is 6. The van der Waals surface area contributed by atoms with E-state index < -0.39 is 17.4 Å². The predicted octanol–water partition coefficient (Wildman–Crippen LogP) is 2.55. The molecule has 1 atom stereocenters.